The number of amides is 2. The summed E-state index contributed by atoms with van der Waals surface area (Å²) in [6.45, 7) is 5.26. The fourth-order valence-electron chi connectivity index (χ4n) is 2.30. The van der Waals surface area contributed by atoms with Crippen LogP contribution < -0.4 is 10.6 Å². The highest BCUT2D eigenvalue weighted by Crippen LogP contribution is 2.28. The van der Waals surface area contributed by atoms with Crippen LogP contribution in [-0.2, 0) is 9.59 Å². The first kappa shape index (κ1) is 13.3. The molecule has 18 heavy (non-hydrogen) atoms. The normalized spacial score (nSPS) is 23.8. The van der Waals surface area contributed by atoms with Gasteiger partial charge in [0.05, 0.1) is 0 Å². The summed E-state index contributed by atoms with van der Waals surface area (Å²) >= 11 is 0. The lowest BCUT2D eigenvalue weighted by atomic mass is 10.2. The highest BCUT2D eigenvalue weighted by Gasteiger charge is 2.29. The van der Waals surface area contributed by atoms with Crippen molar-refractivity contribution in [3.63, 3.8) is 0 Å². The summed E-state index contributed by atoms with van der Waals surface area (Å²) in [5, 5.41) is 6.16. The van der Waals surface area contributed by atoms with Gasteiger partial charge in [0.2, 0.25) is 11.8 Å². The van der Waals surface area contributed by atoms with Crippen LogP contribution in [0.5, 0.6) is 0 Å². The molecule has 5 heteroatoms. The Kier molecular flexibility index (Phi) is 4.58. The van der Waals surface area contributed by atoms with Crippen LogP contribution in [0.4, 0.5) is 0 Å². The minimum Gasteiger partial charge on any atom is -0.356 e. The van der Waals surface area contributed by atoms with Gasteiger partial charge < -0.3 is 15.5 Å². The van der Waals surface area contributed by atoms with Crippen molar-refractivity contribution < 1.29 is 9.59 Å². The zero-order valence-corrected chi connectivity index (χ0v) is 11.1. The van der Waals surface area contributed by atoms with E-state index in [0.717, 1.165) is 38.9 Å². The summed E-state index contributed by atoms with van der Waals surface area (Å²) in [4.78, 5) is 25.3. The fourth-order valence-corrected chi connectivity index (χ4v) is 2.30. The van der Waals surface area contributed by atoms with E-state index in [1.807, 2.05) is 4.90 Å². The smallest absolute Gasteiger partial charge is 0.223 e. The molecule has 1 saturated heterocycles. The maximum Gasteiger partial charge on any atom is 0.223 e. The molecule has 2 rings (SSSR count). The van der Waals surface area contributed by atoms with Crippen molar-refractivity contribution in [1.29, 1.82) is 0 Å². The summed E-state index contributed by atoms with van der Waals surface area (Å²) in [7, 11) is 0. The van der Waals surface area contributed by atoms with Gasteiger partial charge in [0.1, 0.15) is 0 Å². The molecule has 2 fully saturated rings. The van der Waals surface area contributed by atoms with Gasteiger partial charge in [-0.2, -0.15) is 0 Å². The Hall–Kier alpha value is -1.10. The summed E-state index contributed by atoms with van der Waals surface area (Å²) < 4.78 is 0. The predicted molar refractivity (Wildman–Crippen MR) is 69.0 cm³/mol. The van der Waals surface area contributed by atoms with E-state index in [1.165, 1.54) is 0 Å². The van der Waals surface area contributed by atoms with Crippen molar-refractivity contribution in [2.24, 2.45) is 5.92 Å². The van der Waals surface area contributed by atoms with Gasteiger partial charge in [0, 0.05) is 44.6 Å². The number of rotatable bonds is 5. The second kappa shape index (κ2) is 6.18. The molecule has 0 aromatic carbocycles. The van der Waals surface area contributed by atoms with Crippen molar-refractivity contribution in [2.45, 2.75) is 38.6 Å². The molecule has 0 radical (unpaired) electrons. The molecule has 1 atom stereocenters. The number of hydrogen-bond donors (Lipinski definition) is 2. The Morgan fingerprint density at radius 2 is 2.17 bits per heavy atom. The standard InChI is InChI=1S/C13H23N3O2/c1-10-9-14-7-8-16(10)12(17)3-2-6-15-13(18)11-4-5-11/h10-11,14H,2-9H2,1H3,(H,15,18). The second-order valence-corrected chi connectivity index (χ2v) is 5.31. The van der Waals surface area contributed by atoms with Gasteiger partial charge in [0.25, 0.3) is 0 Å². The lowest BCUT2D eigenvalue weighted by Gasteiger charge is -2.34. The molecule has 2 aliphatic rings. The number of hydrogen-bond acceptors (Lipinski definition) is 3. The molecule has 1 aliphatic heterocycles. The van der Waals surface area contributed by atoms with Gasteiger partial charge in [-0.25, -0.2) is 0 Å². The zero-order valence-electron chi connectivity index (χ0n) is 11.1. The number of nitrogens with zero attached hydrogens (tertiary/aromatic N) is 1. The molecule has 2 amide bonds. The maximum atomic E-state index is 12.0. The van der Waals surface area contributed by atoms with Gasteiger partial charge in [-0.15, -0.1) is 0 Å². The lowest BCUT2D eigenvalue weighted by molar-refractivity contribution is -0.134. The van der Waals surface area contributed by atoms with E-state index in [4.69, 9.17) is 0 Å². The molecule has 5 nitrogen and oxygen atoms in total. The van der Waals surface area contributed by atoms with Crippen molar-refractivity contribution in [3.8, 4) is 0 Å². The van der Waals surface area contributed by atoms with Crippen LogP contribution in [0.25, 0.3) is 0 Å². The zero-order chi connectivity index (χ0) is 13.0. The molecule has 1 aliphatic carbocycles. The van der Waals surface area contributed by atoms with Crippen LogP contribution in [0.3, 0.4) is 0 Å². The van der Waals surface area contributed by atoms with E-state index in [0.29, 0.717) is 13.0 Å². The number of carbonyl (C=O) groups excluding carboxylic acids is 2. The summed E-state index contributed by atoms with van der Waals surface area (Å²) in [6.07, 6.45) is 3.34. The SMILES string of the molecule is CC1CNCCN1C(=O)CCCNC(=O)C1CC1. The molecule has 102 valence electrons. The summed E-state index contributed by atoms with van der Waals surface area (Å²) in [6, 6.07) is 0.285. The highest BCUT2D eigenvalue weighted by molar-refractivity contribution is 5.81. The lowest BCUT2D eigenvalue weighted by Crippen LogP contribution is -2.52. The predicted octanol–water partition coefficient (Wildman–Crippen LogP) is 0.113. The first-order valence-corrected chi connectivity index (χ1v) is 6.96. The Morgan fingerprint density at radius 1 is 1.39 bits per heavy atom. The van der Waals surface area contributed by atoms with Gasteiger partial charge in [-0.1, -0.05) is 0 Å². The first-order chi connectivity index (χ1) is 8.68. The molecule has 1 heterocycles. The highest BCUT2D eigenvalue weighted by atomic mass is 16.2. The molecule has 0 spiro atoms. The quantitative estimate of drug-likeness (QED) is 0.684. The average Bonchev–Trinajstić information content (AvgIpc) is 3.19. The van der Waals surface area contributed by atoms with Gasteiger partial charge in [0.15, 0.2) is 0 Å². The Morgan fingerprint density at radius 3 is 2.83 bits per heavy atom. The van der Waals surface area contributed by atoms with Crippen molar-refractivity contribution >= 4 is 11.8 Å². The fraction of sp³-hybridized carbons (Fsp3) is 0.846. The topological polar surface area (TPSA) is 61.4 Å². The number of carbonyl (C=O) groups is 2. The number of piperazine rings is 1. The van der Waals surface area contributed by atoms with Crippen LogP contribution >= 0.6 is 0 Å². The summed E-state index contributed by atoms with van der Waals surface area (Å²) in [5.41, 5.74) is 0. The average molecular weight is 253 g/mol. The minimum absolute atomic E-state index is 0.165. The third kappa shape index (κ3) is 3.70. The molecule has 2 N–H and O–H groups in total. The third-order valence-electron chi connectivity index (χ3n) is 3.64. The van der Waals surface area contributed by atoms with Gasteiger partial charge in [-0.3, -0.25) is 9.59 Å². The number of nitrogens with one attached hydrogen (secondary N) is 2. The van der Waals surface area contributed by atoms with E-state index in [9.17, 15) is 9.59 Å². The van der Waals surface area contributed by atoms with E-state index >= 15 is 0 Å². The Bertz CT molecular complexity index is 315. The van der Waals surface area contributed by atoms with E-state index < -0.39 is 0 Å². The maximum absolute atomic E-state index is 12.0. The first-order valence-electron chi connectivity index (χ1n) is 6.96. The van der Waals surface area contributed by atoms with E-state index in [1.54, 1.807) is 0 Å². The van der Waals surface area contributed by atoms with E-state index in [2.05, 4.69) is 17.6 Å². The third-order valence-corrected chi connectivity index (χ3v) is 3.64. The summed E-state index contributed by atoms with van der Waals surface area (Å²) in [5.74, 6) is 0.636. The van der Waals surface area contributed by atoms with Crippen LogP contribution in [0.1, 0.15) is 32.6 Å². The Balaban J connectivity index is 1.60. The molecule has 0 aromatic heterocycles. The molecule has 0 bridgehead atoms. The molecule has 1 saturated carbocycles. The van der Waals surface area contributed by atoms with Crippen LogP contribution in [0.15, 0.2) is 0 Å². The largest absolute Gasteiger partial charge is 0.356 e. The molecule has 1 unspecified atom stereocenters. The Labute approximate surface area is 108 Å². The molecular weight excluding hydrogens is 230 g/mol. The van der Waals surface area contributed by atoms with Crippen LogP contribution in [-0.4, -0.2) is 48.9 Å². The minimum atomic E-state index is 0.165. The molecular formula is C13H23N3O2. The van der Waals surface area contributed by atoms with Crippen molar-refractivity contribution in [2.75, 3.05) is 26.2 Å². The van der Waals surface area contributed by atoms with Crippen LogP contribution in [0.2, 0.25) is 0 Å². The van der Waals surface area contributed by atoms with Gasteiger partial charge >= 0.3 is 0 Å². The van der Waals surface area contributed by atoms with Crippen molar-refractivity contribution in [3.05, 3.63) is 0 Å². The second-order valence-electron chi connectivity index (χ2n) is 5.31. The van der Waals surface area contributed by atoms with Crippen molar-refractivity contribution in [1.82, 2.24) is 15.5 Å². The molecule has 0 aromatic rings. The monoisotopic (exact) mass is 253 g/mol. The van der Waals surface area contributed by atoms with Gasteiger partial charge in [-0.05, 0) is 26.2 Å². The van der Waals surface area contributed by atoms with E-state index in [-0.39, 0.29) is 23.8 Å². The van der Waals surface area contributed by atoms with Crippen LogP contribution in [0, 0.1) is 5.92 Å².